The van der Waals surface area contributed by atoms with Crippen LogP contribution >= 0.6 is 11.8 Å². The van der Waals surface area contributed by atoms with E-state index in [9.17, 15) is 14.4 Å². The summed E-state index contributed by atoms with van der Waals surface area (Å²) in [7, 11) is 0. The van der Waals surface area contributed by atoms with Crippen LogP contribution in [0.4, 0.5) is 0 Å². The van der Waals surface area contributed by atoms with E-state index >= 15 is 0 Å². The number of rotatable bonds is 10. The van der Waals surface area contributed by atoms with Crippen molar-refractivity contribution in [1.29, 1.82) is 0 Å². The molecule has 0 spiro atoms. The summed E-state index contributed by atoms with van der Waals surface area (Å²) in [6, 6.07) is -1.44. The van der Waals surface area contributed by atoms with E-state index in [-0.39, 0.29) is 12.5 Å². The number of hydrogen-bond donors (Lipinski definition) is 4. The maximum Gasteiger partial charge on any atom is 0.243 e. The molecule has 6 N–H and O–H groups in total. The first-order chi connectivity index (χ1) is 9.81. The molecule has 0 aromatic heterocycles. The summed E-state index contributed by atoms with van der Waals surface area (Å²) in [6.07, 6.45) is 2.83. The van der Waals surface area contributed by atoms with Gasteiger partial charge in [-0.25, -0.2) is 0 Å². The second-order valence-electron chi connectivity index (χ2n) is 5.20. The Labute approximate surface area is 130 Å². The van der Waals surface area contributed by atoms with Crippen LogP contribution in [-0.2, 0) is 14.4 Å². The zero-order valence-electron chi connectivity index (χ0n) is 12.8. The van der Waals surface area contributed by atoms with Gasteiger partial charge < -0.3 is 22.1 Å². The monoisotopic (exact) mass is 318 g/mol. The van der Waals surface area contributed by atoms with Crippen LogP contribution in [0.5, 0.6) is 0 Å². The molecule has 0 radical (unpaired) electrons. The molecule has 0 aromatic rings. The molecule has 8 heteroatoms. The van der Waals surface area contributed by atoms with E-state index in [4.69, 9.17) is 11.5 Å². The van der Waals surface area contributed by atoms with E-state index < -0.39 is 29.8 Å². The Kier molecular flexibility index (Phi) is 9.81. The molecule has 21 heavy (non-hydrogen) atoms. The Hall–Kier alpha value is -1.28. The first-order valence-corrected chi connectivity index (χ1v) is 8.29. The predicted octanol–water partition coefficient (Wildman–Crippen LogP) is -0.801. The Morgan fingerprint density at radius 1 is 1.14 bits per heavy atom. The summed E-state index contributed by atoms with van der Waals surface area (Å²) >= 11 is 1.56. The van der Waals surface area contributed by atoms with Crippen LogP contribution in [0.25, 0.3) is 0 Å². The van der Waals surface area contributed by atoms with Crippen molar-refractivity contribution in [2.45, 2.75) is 38.8 Å². The predicted molar refractivity (Wildman–Crippen MR) is 84.6 cm³/mol. The van der Waals surface area contributed by atoms with Crippen LogP contribution in [0, 0.1) is 5.92 Å². The molecule has 0 aromatic carbocycles. The van der Waals surface area contributed by atoms with Crippen molar-refractivity contribution in [2.24, 2.45) is 17.4 Å². The van der Waals surface area contributed by atoms with Crippen LogP contribution in [0.15, 0.2) is 0 Å². The maximum absolute atomic E-state index is 12.2. The highest BCUT2D eigenvalue weighted by molar-refractivity contribution is 7.98. The van der Waals surface area contributed by atoms with Crippen molar-refractivity contribution in [2.75, 3.05) is 18.6 Å². The smallest absolute Gasteiger partial charge is 0.243 e. The number of hydrogen-bond acceptors (Lipinski definition) is 5. The zero-order chi connectivity index (χ0) is 16.4. The first-order valence-electron chi connectivity index (χ1n) is 6.89. The molecule has 0 aliphatic heterocycles. The largest absolute Gasteiger partial charge is 0.368 e. The van der Waals surface area contributed by atoms with Crippen LogP contribution in [0.1, 0.15) is 26.7 Å². The molecule has 122 valence electrons. The molecule has 0 heterocycles. The van der Waals surface area contributed by atoms with Gasteiger partial charge in [0.25, 0.3) is 0 Å². The van der Waals surface area contributed by atoms with E-state index in [2.05, 4.69) is 10.6 Å². The molecule has 7 nitrogen and oxygen atoms in total. The quantitative estimate of drug-likeness (QED) is 0.419. The molecule has 0 bridgehead atoms. The lowest BCUT2D eigenvalue weighted by Crippen LogP contribution is -2.54. The Bertz CT molecular complexity index is 363. The minimum atomic E-state index is -0.727. The average molecular weight is 318 g/mol. The summed E-state index contributed by atoms with van der Waals surface area (Å²) < 4.78 is 0. The molecule has 2 atom stereocenters. The van der Waals surface area contributed by atoms with E-state index in [1.807, 2.05) is 20.1 Å². The van der Waals surface area contributed by atoms with Gasteiger partial charge in [0.1, 0.15) is 12.1 Å². The van der Waals surface area contributed by atoms with Crippen LogP contribution in [-0.4, -0.2) is 48.4 Å². The van der Waals surface area contributed by atoms with Gasteiger partial charge in [-0.3, -0.25) is 14.4 Å². The highest BCUT2D eigenvalue weighted by Gasteiger charge is 2.25. The number of primary amides is 1. The molecular weight excluding hydrogens is 292 g/mol. The van der Waals surface area contributed by atoms with Gasteiger partial charge in [-0.05, 0) is 30.8 Å². The molecule has 0 fully saturated rings. The van der Waals surface area contributed by atoms with Gasteiger partial charge in [-0.1, -0.05) is 13.8 Å². The summed E-state index contributed by atoms with van der Waals surface area (Å²) in [5.74, 6) is -0.480. The van der Waals surface area contributed by atoms with Gasteiger partial charge in [0.2, 0.25) is 17.7 Å². The number of carbonyl (C=O) groups is 3. The molecule has 3 amide bonds. The van der Waals surface area contributed by atoms with E-state index in [0.717, 1.165) is 0 Å². The van der Waals surface area contributed by atoms with Crippen molar-refractivity contribution < 1.29 is 14.4 Å². The second-order valence-corrected chi connectivity index (χ2v) is 6.18. The minimum Gasteiger partial charge on any atom is -0.368 e. The SMILES string of the molecule is CSCC[C@H](NC(=O)[C@H](CC(C)C)NC(=O)CN)C(N)=O. The molecule has 0 unspecified atom stereocenters. The standard InChI is InChI=1S/C13H26N4O3S/c1-8(2)6-10(16-11(18)7-14)13(20)17-9(12(15)19)4-5-21-3/h8-10H,4-7,14H2,1-3H3,(H2,15,19)(H,16,18)(H,17,20)/t9-,10-/m0/s1. The van der Waals surface area contributed by atoms with Gasteiger partial charge >= 0.3 is 0 Å². The molecule has 0 saturated carbocycles. The summed E-state index contributed by atoms with van der Waals surface area (Å²) in [5.41, 5.74) is 10.5. The summed E-state index contributed by atoms with van der Waals surface area (Å²) in [5, 5.41) is 5.17. The molecule has 0 aliphatic carbocycles. The van der Waals surface area contributed by atoms with Gasteiger partial charge in [0, 0.05) is 0 Å². The maximum atomic E-state index is 12.2. The van der Waals surface area contributed by atoms with Crippen molar-refractivity contribution in [3.8, 4) is 0 Å². The van der Waals surface area contributed by atoms with Crippen molar-refractivity contribution in [3.63, 3.8) is 0 Å². The first kappa shape index (κ1) is 19.7. The number of nitrogens with one attached hydrogen (secondary N) is 2. The van der Waals surface area contributed by atoms with E-state index in [1.54, 1.807) is 11.8 Å². The number of carbonyl (C=O) groups excluding carboxylic acids is 3. The molecule has 0 rings (SSSR count). The molecule has 0 aliphatic rings. The lowest BCUT2D eigenvalue weighted by atomic mass is 10.0. The van der Waals surface area contributed by atoms with E-state index in [0.29, 0.717) is 18.6 Å². The van der Waals surface area contributed by atoms with Crippen LogP contribution < -0.4 is 22.1 Å². The molecular formula is C13H26N4O3S. The van der Waals surface area contributed by atoms with E-state index in [1.165, 1.54) is 0 Å². The fraction of sp³-hybridized carbons (Fsp3) is 0.769. The van der Waals surface area contributed by atoms with Gasteiger partial charge in [0.15, 0.2) is 0 Å². The second kappa shape index (κ2) is 10.4. The minimum absolute atomic E-state index is 0.187. The van der Waals surface area contributed by atoms with Crippen LogP contribution in [0.2, 0.25) is 0 Å². The third kappa shape index (κ3) is 8.56. The number of amides is 3. The zero-order valence-corrected chi connectivity index (χ0v) is 13.7. The fourth-order valence-electron chi connectivity index (χ4n) is 1.75. The lowest BCUT2D eigenvalue weighted by Gasteiger charge is -2.22. The lowest BCUT2D eigenvalue weighted by molar-refractivity contribution is -0.131. The topological polar surface area (TPSA) is 127 Å². The third-order valence-corrected chi connectivity index (χ3v) is 3.46. The highest BCUT2D eigenvalue weighted by atomic mass is 32.2. The highest BCUT2D eigenvalue weighted by Crippen LogP contribution is 2.07. The average Bonchev–Trinajstić information content (AvgIpc) is 2.41. The van der Waals surface area contributed by atoms with Crippen molar-refractivity contribution in [1.82, 2.24) is 10.6 Å². The van der Waals surface area contributed by atoms with Crippen LogP contribution in [0.3, 0.4) is 0 Å². The summed E-state index contributed by atoms with van der Waals surface area (Å²) in [4.78, 5) is 35.0. The van der Waals surface area contributed by atoms with Gasteiger partial charge in [-0.15, -0.1) is 0 Å². The van der Waals surface area contributed by atoms with Crippen molar-refractivity contribution >= 4 is 29.5 Å². The Balaban J connectivity index is 4.75. The van der Waals surface area contributed by atoms with Gasteiger partial charge in [0.05, 0.1) is 6.54 Å². The molecule has 0 saturated heterocycles. The number of nitrogens with two attached hydrogens (primary N) is 2. The number of thioether (sulfide) groups is 1. The Morgan fingerprint density at radius 2 is 1.76 bits per heavy atom. The van der Waals surface area contributed by atoms with Crippen molar-refractivity contribution in [3.05, 3.63) is 0 Å². The normalized spacial score (nSPS) is 13.6. The third-order valence-electron chi connectivity index (χ3n) is 2.81. The Morgan fingerprint density at radius 3 is 2.19 bits per heavy atom. The summed E-state index contributed by atoms with van der Waals surface area (Å²) in [6.45, 7) is 3.69. The van der Waals surface area contributed by atoms with Gasteiger partial charge in [-0.2, -0.15) is 11.8 Å². The fourth-order valence-corrected chi connectivity index (χ4v) is 2.22.